The number of ether oxygens (including phenoxy) is 1. The summed E-state index contributed by atoms with van der Waals surface area (Å²) < 4.78 is 6.81. The molecule has 170 valence electrons. The molecule has 2 aromatic carbocycles. The second-order valence-electron chi connectivity index (χ2n) is 8.01. The van der Waals surface area contributed by atoms with Crippen LogP contribution >= 0.6 is 23.4 Å². The van der Waals surface area contributed by atoms with Crippen molar-refractivity contribution in [2.75, 3.05) is 13.7 Å². The monoisotopic (exact) mass is 473 g/mol. The van der Waals surface area contributed by atoms with E-state index in [1.54, 1.807) is 29.9 Å². The second kappa shape index (κ2) is 10.9. The second-order valence-corrected chi connectivity index (χ2v) is 9.76. The predicted octanol–water partition coefficient (Wildman–Crippen LogP) is 4.55. The standard InChI is InChI=1S/C24H28ClN3O3S/c1-15(2)14-28-23(30)20-13-18(25)7-10-21(20)27-24(28)32-16(3)22(29)26-12-11-17-5-8-19(31-4)9-6-17/h5-10,13,15-16H,11-12,14H2,1-4H3,(H,26,29). The van der Waals surface area contributed by atoms with E-state index in [-0.39, 0.29) is 17.4 Å². The van der Waals surface area contributed by atoms with Crippen LogP contribution in [0, 0.1) is 5.92 Å². The van der Waals surface area contributed by atoms with Gasteiger partial charge in [-0.3, -0.25) is 14.2 Å². The Balaban J connectivity index is 1.71. The number of rotatable bonds is 9. The van der Waals surface area contributed by atoms with Gasteiger partial charge in [0.05, 0.1) is 23.3 Å². The fourth-order valence-electron chi connectivity index (χ4n) is 3.27. The van der Waals surface area contributed by atoms with Crippen molar-refractivity contribution >= 4 is 40.2 Å². The van der Waals surface area contributed by atoms with Crippen LogP contribution in [0.2, 0.25) is 5.02 Å². The number of hydrogen-bond donors (Lipinski definition) is 1. The van der Waals surface area contributed by atoms with Crippen molar-refractivity contribution < 1.29 is 9.53 Å². The molecule has 1 aromatic heterocycles. The first-order valence-corrected chi connectivity index (χ1v) is 11.8. The van der Waals surface area contributed by atoms with Crippen molar-refractivity contribution in [3.05, 3.63) is 63.4 Å². The van der Waals surface area contributed by atoms with Gasteiger partial charge in [-0.25, -0.2) is 4.98 Å². The maximum atomic E-state index is 13.1. The average molecular weight is 474 g/mol. The Hall–Kier alpha value is -2.51. The van der Waals surface area contributed by atoms with E-state index in [2.05, 4.69) is 10.3 Å². The number of carbonyl (C=O) groups excluding carboxylic acids is 1. The number of aromatic nitrogens is 2. The summed E-state index contributed by atoms with van der Waals surface area (Å²) in [4.78, 5) is 30.5. The van der Waals surface area contributed by atoms with Gasteiger partial charge < -0.3 is 10.1 Å². The van der Waals surface area contributed by atoms with Gasteiger partial charge >= 0.3 is 0 Å². The molecule has 0 saturated heterocycles. The molecule has 0 aliphatic carbocycles. The number of benzene rings is 2. The van der Waals surface area contributed by atoms with E-state index >= 15 is 0 Å². The molecule has 6 nitrogen and oxygen atoms in total. The van der Waals surface area contributed by atoms with Gasteiger partial charge in [-0.2, -0.15) is 0 Å². The summed E-state index contributed by atoms with van der Waals surface area (Å²) in [7, 11) is 1.63. The summed E-state index contributed by atoms with van der Waals surface area (Å²) in [5, 5.41) is 4.09. The lowest BCUT2D eigenvalue weighted by molar-refractivity contribution is -0.120. The number of fused-ring (bicyclic) bond motifs is 1. The van der Waals surface area contributed by atoms with Crippen LogP contribution in [0.25, 0.3) is 10.9 Å². The largest absolute Gasteiger partial charge is 0.497 e. The van der Waals surface area contributed by atoms with Gasteiger partial charge in [-0.15, -0.1) is 0 Å². The lowest BCUT2D eigenvalue weighted by Crippen LogP contribution is -2.33. The number of thioether (sulfide) groups is 1. The molecule has 0 bridgehead atoms. The molecule has 3 rings (SSSR count). The van der Waals surface area contributed by atoms with Crippen molar-refractivity contribution in [3.8, 4) is 5.75 Å². The minimum absolute atomic E-state index is 0.0925. The van der Waals surface area contributed by atoms with Crippen molar-refractivity contribution in [2.45, 2.75) is 44.1 Å². The van der Waals surface area contributed by atoms with Crippen LogP contribution in [-0.4, -0.2) is 34.4 Å². The molecular formula is C24H28ClN3O3S. The molecular weight excluding hydrogens is 446 g/mol. The lowest BCUT2D eigenvalue weighted by atomic mass is 10.1. The molecule has 0 aliphatic heterocycles. The van der Waals surface area contributed by atoms with Crippen LogP contribution in [0.4, 0.5) is 0 Å². The highest BCUT2D eigenvalue weighted by Crippen LogP contribution is 2.24. The van der Waals surface area contributed by atoms with E-state index in [0.717, 1.165) is 17.7 Å². The number of halogens is 1. The SMILES string of the molecule is COc1ccc(CCNC(=O)C(C)Sc2nc3ccc(Cl)cc3c(=O)n2CC(C)C)cc1. The van der Waals surface area contributed by atoms with Gasteiger partial charge in [0.15, 0.2) is 5.16 Å². The Morgan fingerprint density at radius 1 is 1.19 bits per heavy atom. The third-order valence-electron chi connectivity index (χ3n) is 4.95. The molecule has 1 amide bonds. The van der Waals surface area contributed by atoms with E-state index in [0.29, 0.717) is 34.2 Å². The quantitative estimate of drug-likeness (QED) is 0.364. The zero-order valence-electron chi connectivity index (χ0n) is 18.7. The molecule has 0 radical (unpaired) electrons. The molecule has 8 heteroatoms. The first-order valence-electron chi connectivity index (χ1n) is 10.6. The maximum Gasteiger partial charge on any atom is 0.262 e. The molecule has 1 N–H and O–H groups in total. The Bertz CT molecular complexity index is 1150. The summed E-state index contributed by atoms with van der Waals surface area (Å²) in [5.41, 5.74) is 1.56. The van der Waals surface area contributed by atoms with Gasteiger partial charge in [-0.1, -0.05) is 49.3 Å². The number of hydrogen-bond acceptors (Lipinski definition) is 5. The first kappa shape index (κ1) is 24.1. The Kier molecular flexibility index (Phi) is 8.21. The lowest BCUT2D eigenvalue weighted by Gasteiger charge is -2.17. The van der Waals surface area contributed by atoms with Gasteiger partial charge in [0.25, 0.3) is 5.56 Å². The van der Waals surface area contributed by atoms with E-state index in [1.165, 1.54) is 11.8 Å². The molecule has 1 unspecified atom stereocenters. The van der Waals surface area contributed by atoms with E-state index in [4.69, 9.17) is 16.3 Å². The van der Waals surface area contributed by atoms with Crippen molar-refractivity contribution in [1.82, 2.24) is 14.9 Å². The van der Waals surface area contributed by atoms with Crippen LogP contribution in [-0.2, 0) is 17.8 Å². The molecule has 0 aliphatic rings. The summed E-state index contributed by atoms with van der Waals surface area (Å²) >= 11 is 7.38. The average Bonchev–Trinajstić information content (AvgIpc) is 2.77. The summed E-state index contributed by atoms with van der Waals surface area (Å²) in [5.74, 6) is 0.963. The van der Waals surface area contributed by atoms with E-state index < -0.39 is 5.25 Å². The molecule has 0 fully saturated rings. The third kappa shape index (κ3) is 6.04. The molecule has 0 saturated carbocycles. The maximum absolute atomic E-state index is 13.1. The highest BCUT2D eigenvalue weighted by atomic mass is 35.5. The highest BCUT2D eigenvalue weighted by Gasteiger charge is 2.20. The molecule has 0 spiro atoms. The zero-order valence-corrected chi connectivity index (χ0v) is 20.3. The number of carbonyl (C=O) groups is 1. The topological polar surface area (TPSA) is 73.2 Å². The highest BCUT2D eigenvalue weighted by molar-refractivity contribution is 8.00. The van der Waals surface area contributed by atoms with Crippen molar-refractivity contribution in [2.24, 2.45) is 5.92 Å². The Labute approximate surface area is 197 Å². The summed E-state index contributed by atoms with van der Waals surface area (Å²) in [6.07, 6.45) is 0.722. The minimum Gasteiger partial charge on any atom is -0.497 e. The zero-order chi connectivity index (χ0) is 23.3. The van der Waals surface area contributed by atoms with Crippen LogP contribution in [0.15, 0.2) is 52.4 Å². The van der Waals surface area contributed by atoms with Gasteiger partial charge in [-0.05, 0) is 55.2 Å². The molecule has 3 aromatic rings. The van der Waals surface area contributed by atoms with Gasteiger partial charge in [0.1, 0.15) is 5.75 Å². The summed E-state index contributed by atoms with van der Waals surface area (Å²) in [6.45, 7) is 6.95. The number of methoxy groups -OCH3 is 1. The van der Waals surface area contributed by atoms with E-state index in [1.807, 2.05) is 45.0 Å². The minimum atomic E-state index is -0.402. The van der Waals surface area contributed by atoms with E-state index in [9.17, 15) is 9.59 Å². The Morgan fingerprint density at radius 2 is 1.91 bits per heavy atom. The van der Waals surface area contributed by atoms with Crippen LogP contribution < -0.4 is 15.6 Å². The van der Waals surface area contributed by atoms with Crippen LogP contribution in [0.3, 0.4) is 0 Å². The normalized spacial score (nSPS) is 12.2. The first-order chi connectivity index (χ1) is 15.3. The van der Waals surface area contributed by atoms with Crippen LogP contribution in [0.5, 0.6) is 5.75 Å². The number of nitrogens with one attached hydrogen (secondary N) is 1. The molecule has 1 atom stereocenters. The van der Waals surface area contributed by atoms with Crippen molar-refractivity contribution in [3.63, 3.8) is 0 Å². The predicted molar refractivity (Wildman–Crippen MR) is 131 cm³/mol. The van der Waals surface area contributed by atoms with Crippen LogP contribution in [0.1, 0.15) is 26.3 Å². The van der Waals surface area contributed by atoms with Gasteiger partial charge in [0.2, 0.25) is 5.91 Å². The fraction of sp³-hybridized carbons (Fsp3) is 0.375. The third-order valence-corrected chi connectivity index (χ3v) is 6.28. The smallest absolute Gasteiger partial charge is 0.262 e. The summed E-state index contributed by atoms with van der Waals surface area (Å²) in [6, 6.07) is 12.9. The molecule has 1 heterocycles. The number of amides is 1. The molecule has 32 heavy (non-hydrogen) atoms. The van der Waals surface area contributed by atoms with Gasteiger partial charge in [0, 0.05) is 18.1 Å². The Morgan fingerprint density at radius 3 is 2.56 bits per heavy atom. The van der Waals surface area contributed by atoms with Crippen molar-refractivity contribution in [1.29, 1.82) is 0 Å². The fourth-order valence-corrected chi connectivity index (χ4v) is 4.38. The number of nitrogens with zero attached hydrogens (tertiary/aromatic N) is 2.